The van der Waals surface area contributed by atoms with Crippen LogP contribution in [-0.4, -0.2) is 56.7 Å². The van der Waals surface area contributed by atoms with E-state index in [1.807, 2.05) is 31.1 Å². The minimum absolute atomic E-state index is 0.0479. The van der Waals surface area contributed by atoms with Crippen LogP contribution in [0.25, 0.3) is 10.2 Å². The molecule has 0 unspecified atom stereocenters. The number of rotatable bonds is 8. The molecule has 7 heteroatoms. The number of carbonyl (C=O) groups is 1. The molecule has 29 heavy (non-hydrogen) atoms. The van der Waals surface area contributed by atoms with Gasteiger partial charge in [0.05, 0.1) is 17.3 Å². The predicted molar refractivity (Wildman–Crippen MR) is 118 cm³/mol. The molecule has 6 nitrogen and oxygen atoms in total. The molecule has 0 radical (unpaired) electrons. The number of aromatic nitrogens is 1. The zero-order valence-corrected chi connectivity index (χ0v) is 18.4. The highest BCUT2D eigenvalue weighted by atomic mass is 32.1. The van der Waals surface area contributed by atoms with Crippen molar-refractivity contribution in [3.8, 4) is 11.5 Å². The molecule has 0 spiro atoms. The van der Waals surface area contributed by atoms with E-state index in [1.165, 1.54) is 5.56 Å². The minimum Gasteiger partial charge on any atom is -0.497 e. The Morgan fingerprint density at radius 3 is 2.41 bits per heavy atom. The number of thiazole rings is 1. The Morgan fingerprint density at radius 1 is 1.07 bits per heavy atom. The van der Waals surface area contributed by atoms with E-state index in [0.717, 1.165) is 28.1 Å². The fourth-order valence-corrected chi connectivity index (χ4v) is 4.18. The molecule has 0 fully saturated rings. The fourth-order valence-electron chi connectivity index (χ4n) is 3.00. The Labute approximate surface area is 175 Å². The van der Waals surface area contributed by atoms with Gasteiger partial charge in [-0.05, 0) is 69.4 Å². The molecular formula is C22H27N3O3S. The lowest BCUT2D eigenvalue weighted by molar-refractivity contribution is -0.120. The van der Waals surface area contributed by atoms with E-state index in [4.69, 9.17) is 14.5 Å². The van der Waals surface area contributed by atoms with Crippen LogP contribution < -0.4 is 14.4 Å². The second-order valence-electron chi connectivity index (χ2n) is 7.24. The van der Waals surface area contributed by atoms with E-state index < -0.39 is 0 Å². The van der Waals surface area contributed by atoms with Crippen LogP contribution in [-0.2, 0) is 4.79 Å². The van der Waals surface area contributed by atoms with Gasteiger partial charge in [-0.2, -0.15) is 0 Å². The van der Waals surface area contributed by atoms with Crippen LogP contribution in [0.1, 0.15) is 11.1 Å². The molecule has 0 aliphatic heterocycles. The molecule has 154 valence electrons. The summed E-state index contributed by atoms with van der Waals surface area (Å²) in [6, 6.07) is 11.4. The Kier molecular flexibility index (Phi) is 6.71. The Morgan fingerprint density at radius 2 is 1.76 bits per heavy atom. The van der Waals surface area contributed by atoms with Crippen LogP contribution in [0, 0.1) is 13.8 Å². The van der Waals surface area contributed by atoms with Gasteiger partial charge < -0.3 is 14.4 Å². The van der Waals surface area contributed by atoms with E-state index in [1.54, 1.807) is 35.5 Å². The number of anilines is 1. The van der Waals surface area contributed by atoms with Crippen molar-refractivity contribution >= 4 is 32.6 Å². The molecule has 0 aliphatic carbocycles. The number of benzene rings is 2. The highest BCUT2D eigenvalue weighted by Crippen LogP contribution is 2.31. The monoisotopic (exact) mass is 413 g/mol. The summed E-state index contributed by atoms with van der Waals surface area (Å²) in [5, 5.41) is 0.707. The number of hydrogen-bond donors (Lipinski definition) is 0. The quantitative estimate of drug-likeness (QED) is 0.561. The number of amides is 1. The molecule has 1 aromatic heterocycles. The van der Waals surface area contributed by atoms with E-state index in [9.17, 15) is 4.79 Å². The van der Waals surface area contributed by atoms with Gasteiger partial charge in [0.1, 0.15) is 11.5 Å². The predicted octanol–water partition coefficient (Wildman–Crippen LogP) is 3.90. The van der Waals surface area contributed by atoms with Gasteiger partial charge in [0.25, 0.3) is 5.91 Å². The summed E-state index contributed by atoms with van der Waals surface area (Å²) < 4.78 is 12.0. The summed E-state index contributed by atoms with van der Waals surface area (Å²) in [6.07, 6.45) is 0. The SMILES string of the molecule is COc1ccc(OCC(=O)N(CCN(C)C)c2nc3c(C)cc(C)cc3s2)cc1. The summed E-state index contributed by atoms with van der Waals surface area (Å²) in [4.78, 5) is 21.5. The van der Waals surface area contributed by atoms with Crippen molar-refractivity contribution in [2.24, 2.45) is 0 Å². The van der Waals surface area contributed by atoms with Crippen molar-refractivity contribution in [3.05, 3.63) is 47.5 Å². The molecule has 0 atom stereocenters. The largest absolute Gasteiger partial charge is 0.497 e. The maximum absolute atomic E-state index is 13.0. The van der Waals surface area contributed by atoms with E-state index in [0.29, 0.717) is 17.4 Å². The molecule has 3 rings (SSSR count). The Balaban J connectivity index is 1.80. The smallest absolute Gasteiger partial charge is 0.266 e. The summed E-state index contributed by atoms with van der Waals surface area (Å²) in [6.45, 7) is 5.37. The highest BCUT2D eigenvalue weighted by Gasteiger charge is 2.21. The van der Waals surface area contributed by atoms with Gasteiger partial charge in [-0.25, -0.2) is 4.98 Å². The summed E-state index contributed by atoms with van der Waals surface area (Å²) >= 11 is 1.54. The molecule has 2 aromatic carbocycles. The van der Waals surface area contributed by atoms with Gasteiger partial charge in [-0.3, -0.25) is 9.69 Å². The topological polar surface area (TPSA) is 54.9 Å². The van der Waals surface area contributed by atoms with Crippen molar-refractivity contribution in [1.29, 1.82) is 0 Å². The standard InChI is InChI=1S/C22H27N3O3S/c1-15-12-16(2)21-19(13-15)29-22(23-21)25(11-10-24(3)4)20(26)14-28-18-8-6-17(27-5)7-9-18/h6-9,12-13H,10-11,14H2,1-5H3. The van der Waals surface area contributed by atoms with Gasteiger partial charge in [-0.1, -0.05) is 17.4 Å². The lowest BCUT2D eigenvalue weighted by Crippen LogP contribution is -2.39. The minimum atomic E-state index is -0.115. The number of methoxy groups -OCH3 is 1. The average molecular weight is 414 g/mol. The van der Waals surface area contributed by atoms with Crippen LogP contribution in [0.15, 0.2) is 36.4 Å². The van der Waals surface area contributed by atoms with Crippen LogP contribution in [0.5, 0.6) is 11.5 Å². The molecule has 0 bridgehead atoms. The number of ether oxygens (including phenoxy) is 2. The van der Waals surface area contributed by atoms with Crippen molar-refractivity contribution < 1.29 is 14.3 Å². The lowest BCUT2D eigenvalue weighted by Gasteiger charge is -2.22. The number of likely N-dealkylation sites (N-methyl/N-ethyl adjacent to an activating group) is 1. The van der Waals surface area contributed by atoms with Crippen molar-refractivity contribution in [2.75, 3.05) is 45.8 Å². The zero-order chi connectivity index (χ0) is 21.0. The molecule has 0 saturated carbocycles. The Bertz CT molecular complexity index is 983. The number of carbonyl (C=O) groups excluding carboxylic acids is 1. The van der Waals surface area contributed by atoms with Crippen LogP contribution in [0.4, 0.5) is 5.13 Å². The maximum atomic E-state index is 13.0. The second kappa shape index (κ2) is 9.24. The van der Waals surface area contributed by atoms with Crippen molar-refractivity contribution in [2.45, 2.75) is 13.8 Å². The van der Waals surface area contributed by atoms with Gasteiger partial charge in [0.2, 0.25) is 0 Å². The molecule has 1 amide bonds. The highest BCUT2D eigenvalue weighted by molar-refractivity contribution is 7.22. The van der Waals surface area contributed by atoms with E-state index in [-0.39, 0.29) is 12.5 Å². The molecule has 1 heterocycles. The van der Waals surface area contributed by atoms with Crippen molar-refractivity contribution in [3.63, 3.8) is 0 Å². The van der Waals surface area contributed by atoms with Gasteiger partial charge >= 0.3 is 0 Å². The normalized spacial score (nSPS) is 11.1. The van der Waals surface area contributed by atoms with Crippen LogP contribution in [0.2, 0.25) is 0 Å². The van der Waals surface area contributed by atoms with Gasteiger partial charge in [0.15, 0.2) is 11.7 Å². The maximum Gasteiger partial charge on any atom is 0.266 e. The zero-order valence-electron chi connectivity index (χ0n) is 17.6. The third-order valence-electron chi connectivity index (χ3n) is 4.54. The van der Waals surface area contributed by atoms with Crippen LogP contribution >= 0.6 is 11.3 Å². The first-order valence-corrected chi connectivity index (χ1v) is 10.3. The first kappa shape index (κ1) is 21.1. The first-order chi connectivity index (χ1) is 13.9. The average Bonchev–Trinajstić information content (AvgIpc) is 3.10. The molecule has 3 aromatic rings. The van der Waals surface area contributed by atoms with Crippen LogP contribution in [0.3, 0.4) is 0 Å². The molecule has 0 N–H and O–H groups in total. The van der Waals surface area contributed by atoms with Crippen molar-refractivity contribution in [1.82, 2.24) is 9.88 Å². The van der Waals surface area contributed by atoms with E-state index in [2.05, 4.69) is 26.0 Å². The molecule has 0 saturated heterocycles. The number of aryl methyl sites for hydroxylation is 2. The van der Waals surface area contributed by atoms with Gasteiger partial charge in [0, 0.05) is 13.1 Å². The number of fused-ring (bicyclic) bond motifs is 1. The summed E-state index contributed by atoms with van der Waals surface area (Å²) in [5.74, 6) is 1.26. The lowest BCUT2D eigenvalue weighted by atomic mass is 10.1. The molecule has 0 aliphatic rings. The summed E-state index contributed by atoms with van der Waals surface area (Å²) in [7, 11) is 5.59. The third kappa shape index (κ3) is 5.25. The number of nitrogens with zero attached hydrogens (tertiary/aromatic N) is 3. The third-order valence-corrected chi connectivity index (χ3v) is 5.57. The fraction of sp³-hybridized carbons (Fsp3) is 0.364. The van der Waals surface area contributed by atoms with E-state index >= 15 is 0 Å². The first-order valence-electron chi connectivity index (χ1n) is 9.47. The number of hydrogen-bond acceptors (Lipinski definition) is 6. The van der Waals surface area contributed by atoms with Gasteiger partial charge in [-0.15, -0.1) is 0 Å². The molecular weight excluding hydrogens is 386 g/mol. The Hall–Kier alpha value is -2.64. The summed E-state index contributed by atoms with van der Waals surface area (Å²) in [5.41, 5.74) is 3.27. The second-order valence-corrected chi connectivity index (χ2v) is 8.25.